The summed E-state index contributed by atoms with van der Waals surface area (Å²) in [5.41, 5.74) is 1.18. The molecule has 0 fully saturated rings. The minimum Gasteiger partial charge on any atom is -0.422 e. The lowest BCUT2D eigenvalue weighted by atomic mass is 10.0. The summed E-state index contributed by atoms with van der Waals surface area (Å²) in [4.78, 5) is 25.7. The SMILES string of the molecule is O=C(Oc1ccc(-c2ccc(F)cc2F)cc1C(=O)Nc1ccccc1)c1ccc(Cl)cc1. The van der Waals surface area contributed by atoms with Gasteiger partial charge in [-0.05, 0) is 66.2 Å². The largest absolute Gasteiger partial charge is 0.422 e. The van der Waals surface area contributed by atoms with Crippen molar-refractivity contribution < 1.29 is 23.1 Å². The van der Waals surface area contributed by atoms with Crippen LogP contribution >= 0.6 is 11.6 Å². The molecule has 0 aromatic heterocycles. The van der Waals surface area contributed by atoms with Crippen molar-refractivity contribution in [3.63, 3.8) is 0 Å². The zero-order valence-corrected chi connectivity index (χ0v) is 17.8. The Morgan fingerprint density at radius 3 is 2.24 bits per heavy atom. The lowest BCUT2D eigenvalue weighted by Crippen LogP contribution is -2.16. The van der Waals surface area contributed by atoms with E-state index in [9.17, 15) is 18.4 Å². The minimum atomic E-state index is -0.782. The van der Waals surface area contributed by atoms with E-state index in [4.69, 9.17) is 16.3 Å². The second kappa shape index (κ2) is 9.63. The van der Waals surface area contributed by atoms with Crippen LogP contribution in [-0.4, -0.2) is 11.9 Å². The molecule has 0 aliphatic heterocycles. The van der Waals surface area contributed by atoms with Crippen molar-refractivity contribution in [2.75, 3.05) is 5.32 Å². The first-order valence-corrected chi connectivity index (χ1v) is 10.2. The van der Waals surface area contributed by atoms with Crippen LogP contribution in [0.3, 0.4) is 0 Å². The van der Waals surface area contributed by atoms with Gasteiger partial charge >= 0.3 is 5.97 Å². The van der Waals surface area contributed by atoms with E-state index in [-0.39, 0.29) is 22.4 Å². The van der Waals surface area contributed by atoms with E-state index in [1.54, 1.807) is 42.5 Å². The molecule has 164 valence electrons. The first kappa shape index (κ1) is 22.2. The summed E-state index contributed by atoms with van der Waals surface area (Å²) in [7, 11) is 0. The Bertz CT molecular complexity index is 1330. The van der Waals surface area contributed by atoms with Crippen LogP contribution in [0, 0.1) is 11.6 Å². The third kappa shape index (κ3) is 5.25. The maximum Gasteiger partial charge on any atom is 0.343 e. The van der Waals surface area contributed by atoms with E-state index >= 15 is 0 Å². The normalized spacial score (nSPS) is 10.5. The van der Waals surface area contributed by atoms with Gasteiger partial charge in [0.2, 0.25) is 0 Å². The summed E-state index contributed by atoms with van der Waals surface area (Å²) in [6.45, 7) is 0. The highest BCUT2D eigenvalue weighted by atomic mass is 35.5. The molecule has 0 spiro atoms. The number of carbonyl (C=O) groups is 2. The maximum atomic E-state index is 14.3. The van der Waals surface area contributed by atoms with Crippen LogP contribution in [0.15, 0.2) is 91.0 Å². The number of esters is 1. The van der Waals surface area contributed by atoms with Gasteiger partial charge in [0.05, 0.1) is 11.1 Å². The molecule has 4 aromatic carbocycles. The third-order valence-corrected chi connectivity index (χ3v) is 5.03. The smallest absolute Gasteiger partial charge is 0.343 e. The first-order valence-electron chi connectivity index (χ1n) is 9.84. The van der Waals surface area contributed by atoms with Crippen LogP contribution in [0.4, 0.5) is 14.5 Å². The van der Waals surface area contributed by atoms with Crippen molar-refractivity contribution in [2.45, 2.75) is 0 Å². The number of halogens is 3. The van der Waals surface area contributed by atoms with E-state index in [0.717, 1.165) is 12.1 Å². The second-order valence-corrected chi connectivity index (χ2v) is 7.49. The van der Waals surface area contributed by atoms with Crippen molar-refractivity contribution in [3.8, 4) is 16.9 Å². The topological polar surface area (TPSA) is 55.4 Å². The molecule has 0 bridgehead atoms. The Labute approximate surface area is 193 Å². The first-order chi connectivity index (χ1) is 15.9. The monoisotopic (exact) mass is 463 g/mol. The molecule has 0 aliphatic rings. The van der Waals surface area contributed by atoms with Gasteiger partial charge in [-0.3, -0.25) is 4.79 Å². The molecule has 1 N–H and O–H groups in total. The van der Waals surface area contributed by atoms with E-state index in [1.807, 2.05) is 0 Å². The van der Waals surface area contributed by atoms with Crippen molar-refractivity contribution >= 4 is 29.2 Å². The number of rotatable bonds is 5. The van der Waals surface area contributed by atoms with Gasteiger partial charge in [-0.25, -0.2) is 13.6 Å². The number of anilines is 1. The van der Waals surface area contributed by atoms with Crippen LogP contribution in [0.1, 0.15) is 20.7 Å². The highest BCUT2D eigenvalue weighted by molar-refractivity contribution is 6.30. The molecule has 0 saturated carbocycles. The number of ether oxygens (including phenoxy) is 1. The number of amides is 1. The molecular formula is C26H16ClF2NO3. The average Bonchev–Trinajstić information content (AvgIpc) is 2.80. The number of nitrogens with one attached hydrogen (secondary N) is 1. The summed E-state index contributed by atoms with van der Waals surface area (Å²) in [5, 5.41) is 3.18. The highest BCUT2D eigenvalue weighted by Crippen LogP contribution is 2.30. The van der Waals surface area contributed by atoms with Crippen molar-refractivity contribution in [1.82, 2.24) is 0 Å². The van der Waals surface area contributed by atoms with Crippen LogP contribution in [-0.2, 0) is 0 Å². The molecule has 0 saturated heterocycles. The Morgan fingerprint density at radius 2 is 1.55 bits per heavy atom. The quantitative estimate of drug-likeness (QED) is 0.263. The number of hydrogen-bond acceptors (Lipinski definition) is 3. The molecule has 4 nitrogen and oxygen atoms in total. The Morgan fingerprint density at radius 1 is 0.818 bits per heavy atom. The van der Waals surface area contributed by atoms with Gasteiger partial charge < -0.3 is 10.1 Å². The fourth-order valence-corrected chi connectivity index (χ4v) is 3.28. The number of para-hydroxylation sites is 1. The Hall–Kier alpha value is -4.03. The van der Waals surface area contributed by atoms with Crippen LogP contribution in [0.5, 0.6) is 5.75 Å². The van der Waals surface area contributed by atoms with Gasteiger partial charge in [0.25, 0.3) is 5.91 Å². The number of carbonyl (C=O) groups excluding carboxylic acids is 2. The van der Waals surface area contributed by atoms with Crippen molar-refractivity contribution in [1.29, 1.82) is 0 Å². The summed E-state index contributed by atoms with van der Waals surface area (Å²) in [5.74, 6) is -2.78. The summed E-state index contributed by atoms with van der Waals surface area (Å²) in [6.07, 6.45) is 0. The zero-order chi connectivity index (χ0) is 23.4. The predicted molar refractivity (Wildman–Crippen MR) is 123 cm³/mol. The predicted octanol–water partition coefficient (Wildman–Crippen LogP) is 6.76. The lowest BCUT2D eigenvalue weighted by molar-refractivity contribution is 0.0733. The highest BCUT2D eigenvalue weighted by Gasteiger charge is 2.19. The zero-order valence-electron chi connectivity index (χ0n) is 17.0. The van der Waals surface area contributed by atoms with Gasteiger partial charge in [0, 0.05) is 22.3 Å². The Balaban J connectivity index is 1.72. The molecule has 1 amide bonds. The fraction of sp³-hybridized carbons (Fsp3) is 0. The van der Waals surface area contributed by atoms with Gasteiger partial charge in [-0.15, -0.1) is 0 Å². The van der Waals surface area contributed by atoms with E-state index < -0.39 is 23.5 Å². The van der Waals surface area contributed by atoms with Gasteiger partial charge in [-0.1, -0.05) is 35.9 Å². The van der Waals surface area contributed by atoms with Crippen molar-refractivity contribution in [3.05, 3.63) is 119 Å². The van der Waals surface area contributed by atoms with E-state index in [0.29, 0.717) is 16.3 Å². The van der Waals surface area contributed by atoms with Crippen LogP contribution in [0.25, 0.3) is 11.1 Å². The number of benzene rings is 4. The second-order valence-electron chi connectivity index (χ2n) is 7.05. The minimum absolute atomic E-state index is 0.00221. The van der Waals surface area contributed by atoms with Gasteiger partial charge in [-0.2, -0.15) is 0 Å². The van der Waals surface area contributed by atoms with E-state index in [2.05, 4.69) is 5.32 Å². The third-order valence-electron chi connectivity index (χ3n) is 4.78. The summed E-state index contributed by atoms with van der Waals surface area (Å²) < 4.78 is 33.2. The summed E-state index contributed by atoms with van der Waals surface area (Å²) >= 11 is 5.86. The number of hydrogen-bond donors (Lipinski definition) is 1. The van der Waals surface area contributed by atoms with Crippen LogP contribution in [0.2, 0.25) is 5.02 Å². The van der Waals surface area contributed by atoms with E-state index in [1.165, 1.54) is 36.4 Å². The molecule has 4 rings (SSSR count). The van der Waals surface area contributed by atoms with Gasteiger partial charge in [0.1, 0.15) is 17.4 Å². The Kier molecular flexibility index (Phi) is 6.47. The van der Waals surface area contributed by atoms with Crippen LogP contribution < -0.4 is 10.1 Å². The lowest BCUT2D eigenvalue weighted by Gasteiger charge is -2.13. The molecule has 0 atom stereocenters. The molecule has 33 heavy (non-hydrogen) atoms. The van der Waals surface area contributed by atoms with Crippen molar-refractivity contribution in [2.24, 2.45) is 0 Å². The van der Waals surface area contributed by atoms with Gasteiger partial charge in [0.15, 0.2) is 0 Å². The molecule has 0 radical (unpaired) electrons. The average molecular weight is 464 g/mol. The molecule has 0 heterocycles. The molecule has 4 aromatic rings. The summed E-state index contributed by atoms with van der Waals surface area (Å²) in [6, 6.07) is 22.2. The molecule has 7 heteroatoms. The fourth-order valence-electron chi connectivity index (χ4n) is 3.15. The standard InChI is InChI=1S/C26H16ClF2NO3/c27-18-9-6-16(7-10-18)26(32)33-24-13-8-17(21-12-11-19(28)15-23(21)29)14-22(24)25(31)30-20-4-2-1-3-5-20/h1-15H,(H,30,31). The molecular weight excluding hydrogens is 448 g/mol. The maximum absolute atomic E-state index is 14.3. The molecule has 0 unspecified atom stereocenters. The molecule has 0 aliphatic carbocycles.